The number of rotatable bonds is 2. The summed E-state index contributed by atoms with van der Waals surface area (Å²) in [5.41, 5.74) is 1.71. The van der Waals surface area contributed by atoms with Crippen LogP contribution in [-0.4, -0.2) is 35.2 Å². The maximum atomic E-state index is 12.1. The van der Waals surface area contributed by atoms with E-state index in [-0.39, 0.29) is 12.1 Å². The summed E-state index contributed by atoms with van der Waals surface area (Å²) in [6, 6.07) is 3.16. The van der Waals surface area contributed by atoms with Crippen molar-refractivity contribution in [3.8, 4) is 0 Å². The van der Waals surface area contributed by atoms with E-state index in [0.29, 0.717) is 16.5 Å². The van der Waals surface area contributed by atoms with Gasteiger partial charge >= 0.3 is 6.03 Å². The fourth-order valence-electron chi connectivity index (χ4n) is 2.73. The van der Waals surface area contributed by atoms with Crippen molar-refractivity contribution >= 4 is 29.2 Å². The van der Waals surface area contributed by atoms with Gasteiger partial charge in [0, 0.05) is 29.6 Å². The Morgan fingerprint density at radius 3 is 2.75 bits per heavy atom. The van der Waals surface area contributed by atoms with Gasteiger partial charge in [0.15, 0.2) is 0 Å². The first-order chi connectivity index (χ1) is 9.47. The van der Waals surface area contributed by atoms with Crippen LogP contribution >= 0.6 is 23.2 Å². The molecule has 3 rings (SSSR count). The van der Waals surface area contributed by atoms with E-state index in [0.717, 1.165) is 24.0 Å². The summed E-state index contributed by atoms with van der Waals surface area (Å²) in [4.78, 5) is 13.7. The summed E-state index contributed by atoms with van der Waals surface area (Å²) in [5.74, 6) is 0. The minimum absolute atomic E-state index is 0.166. The molecule has 2 amide bonds. The van der Waals surface area contributed by atoms with Gasteiger partial charge in [-0.3, -0.25) is 0 Å². The van der Waals surface area contributed by atoms with E-state index in [1.807, 2.05) is 0 Å². The van der Waals surface area contributed by atoms with E-state index in [2.05, 4.69) is 5.32 Å². The molecule has 2 aliphatic rings. The number of benzene rings is 1. The predicted octanol–water partition coefficient (Wildman–Crippen LogP) is 2.76. The number of fused-ring (bicyclic) bond motifs is 1. The lowest BCUT2D eigenvalue weighted by molar-refractivity contribution is 0.0891. The Bertz CT molecular complexity index is 560. The number of urea groups is 1. The van der Waals surface area contributed by atoms with Gasteiger partial charge in [0.1, 0.15) is 0 Å². The van der Waals surface area contributed by atoms with Crippen molar-refractivity contribution in [2.75, 3.05) is 7.05 Å². The maximum Gasteiger partial charge on any atom is 0.317 e. The van der Waals surface area contributed by atoms with Gasteiger partial charge in [-0.1, -0.05) is 23.2 Å². The smallest absolute Gasteiger partial charge is 0.317 e. The average molecular weight is 315 g/mol. The monoisotopic (exact) mass is 314 g/mol. The number of nitrogens with one attached hydrogen (secondary N) is 1. The molecule has 2 N–H and O–H groups in total. The van der Waals surface area contributed by atoms with E-state index in [1.54, 1.807) is 24.1 Å². The van der Waals surface area contributed by atoms with E-state index in [9.17, 15) is 9.90 Å². The van der Waals surface area contributed by atoms with Gasteiger partial charge < -0.3 is 15.3 Å². The normalized spacial score (nSPS) is 24.4. The molecule has 0 heterocycles. The van der Waals surface area contributed by atoms with Gasteiger partial charge in [0.2, 0.25) is 0 Å². The fraction of sp³-hybridized carbons (Fsp3) is 0.500. The molecular formula is C14H16Cl2N2O2. The molecule has 0 saturated heterocycles. The Hall–Kier alpha value is -0.970. The molecule has 0 unspecified atom stereocenters. The second kappa shape index (κ2) is 5.10. The molecule has 0 radical (unpaired) electrons. The van der Waals surface area contributed by atoms with E-state index >= 15 is 0 Å². The number of aliphatic hydroxyl groups excluding tert-OH is 1. The Balaban J connectivity index is 1.88. The Morgan fingerprint density at radius 1 is 1.40 bits per heavy atom. The second-order valence-corrected chi connectivity index (χ2v) is 6.35. The summed E-state index contributed by atoms with van der Waals surface area (Å²) in [5, 5.41) is 14.3. The highest BCUT2D eigenvalue weighted by atomic mass is 35.5. The van der Waals surface area contributed by atoms with Crippen LogP contribution in [-0.2, 0) is 6.42 Å². The highest BCUT2D eigenvalue weighted by molar-refractivity contribution is 6.35. The standard InChI is InChI=1S/C14H16Cl2N2O2/c1-18(14(20)17-8-2-3-8)13-10-4-7(15)5-11(16)9(10)6-12(13)19/h4-5,8,12-13,19H,2-3,6H2,1H3,(H,17,20)/t12-,13+/m0/s1. The Kier molecular flexibility index (Phi) is 3.56. The van der Waals surface area contributed by atoms with E-state index in [1.165, 1.54) is 0 Å². The van der Waals surface area contributed by atoms with Crippen LogP contribution < -0.4 is 5.32 Å². The zero-order valence-electron chi connectivity index (χ0n) is 11.1. The largest absolute Gasteiger partial charge is 0.390 e. The number of amides is 2. The van der Waals surface area contributed by atoms with Crippen LogP contribution in [0.3, 0.4) is 0 Å². The predicted molar refractivity (Wildman–Crippen MR) is 78.2 cm³/mol. The van der Waals surface area contributed by atoms with Gasteiger partial charge in [0.05, 0.1) is 12.1 Å². The summed E-state index contributed by atoms with van der Waals surface area (Å²) in [6.45, 7) is 0. The molecular weight excluding hydrogens is 299 g/mol. The quantitative estimate of drug-likeness (QED) is 0.882. The molecule has 2 atom stereocenters. The fourth-order valence-corrected chi connectivity index (χ4v) is 3.31. The third kappa shape index (κ3) is 2.48. The van der Waals surface area contributed by atoms with Crippen molar-refractivity contribution in [1.82, 2.24) is 10.2 Å². The molecule has 0 spiro atoms. The van der Waals surface area contributed by atoms with Gasteiger partial charge in [-0.25, -0.2) is 4.79 Å². The molecule has 0 bridgehead atoms. The van der Waals surface area contributed by atoms with E-state index in [4.69, 9.17) is 23.2 Å². The number of nitrogens with zero attached hydrogens (tertiary/aromatic N) is 1. The third-order valence-corrected chi connectivity index (χ3v) is 4.49. The van der Waals surface area contributed by atoms with Crippen molar-refractivity contribution in [2.24, 2.45) is 0 Å². The summed E-state index contributed by atoms with van der Waals surface area (Å²) in [6.07, 6.45) is 1.84. The molecule has 1 aromatic rings. The number of likely N-dealkylation sites (N-methyl/N-ethyl adjacent to an activating group) is 1. The van der Waals surface area contributed by atoms with Crippen LogP contribution in [0.5, 0.6) is 0 Å². The topological polar surface area (TPSA) is 52.6 Å². The molecule has 1 fully saturated rings. The second-order valence-electron chi connectivity index (χ2n) is 5.51. The lowest BCUT2D eigenvalue weighted by atomic mass is 10.1. The number of aliphatic hydroxyl groups is 1. The van der Waals surface area contributed by atoms with Crippen molar-refractivity contribution in [3.05, 3.63) is 33.3 Å². The van der Waals surface area contributed by atoms with Gasteiger partial charge in [-0.15, -0.1) is 0 Å². The molecule has 0 aromatic heterocycles. The molecule has 20 heavy (non-hydrogen) atoms. The van der Waals surface area contributed by atoms with E-state index < -0.39 is 12.1 Å². The molecule has 0 aliphatic heterocycles. The number of carbonyl (C=O) groups is 1. The first kappa shape index (κ1) is 14.0. The summed E-state index contributed by atoms with van der Waals surface area (Å²) >= 11 is 12.2. The molecule has 108 valence electrons. The first-order valence-electron chi connectivity index (χ1n) is 6.66. The molecule has 1 saturated carbocycles. The lowest BCUT2D eigenvalue weighted by Crippen LogP contribution is -2.43. The van der Waals surface area contributed by atoms with Crippen LogP contribution in [0, 0.1) is 0 Å². The number of hydrogen-bond donors (Lipinski definition) is 2. The minimum atomic E-state index is -0.657. The van der Waals surface area contributed by atoms with Gasteiger partial charge in [-0.05, 0) is 36.1 Å². The third-order valence-electron chi connectivity index (χ3n) is 3.93. The SMILES string of the molecule is CN(C(=O)NC1CC1)[C@@H]1c2cc(Cl)cc(Cl)c2C[C@@H]1O. The van der Waals surface area contributed by atoms with Crippen LogP contribution in [0.4, 0.5) is 4.79 Å². The van der Waals surface area contributed by atoms with Gasteiger partial charge in [-0.2, -0.15) is 0 Å². The molecule has 4 nitrogen and oxygen atoms in total. The zero-order valence-corrected chi connectivity index (χ0v) is 12.6. The van der Waals surface area contributed by atoms with Crippen molar-refractivity contribution in [1.29, 1.82) is 0 Å². The van der Waals surface area contributed by atoms with Gasteiger partial charge in [0.25, 0.3) is 0 Å². The average Bonchev–Trinajstić information content (AvgIpc) is 3.11. The molecule has 2 aliphatic carbocycles. The van der Waals surface area contributed by atoms with Crippen molar-refractivity contribution in [3.63, 3.8) is 0 Å². The number of hydrogen-bond acceptors (Lipinski definition) is 2. The van der Waals surface area contributed by atoms with Crippen LogP contribution in [0.15, 0.2) is 12.1 Å². The number of halogens is 2. The van der Waals surface area contributed by atoms with Crippen molar-refractivity contribution in [2.45, 2.75) is 37.5 Å². The summed E-state index contributed by atoms with van der Waals surface area (Å²) in [7, 11) is 1.69. The highest BCUT2D eigenvalue weighted by Gasteiger charge is 2.38. The van der Waals surface area contributed by atoms with Crippen molar-refractivity contribution < 1.29 is 9.90 Å². The number of carbonyl (C=O) groups excluding carboxylic acids is 1. The molecule has 1 aromatic carbocycles. The zero-order chi connectivity index (χ0) is 14.4. The van der Waals surface area contributed by atoms with Crippen LogP contribution in [0.1, 0.15) is 30.0 Å². The Labute approximate surface area is 127 Å². The minimum Gasteiger partial charge on any atom is -0.390 e. The summed E-state index contributed by atoms with van der Waals surface area (Å²) < 4.78 is 0. The maximum absolute atomic E-state index is 12.1. The molecule has 6 heteroatoms. The highest BCUT2D eigenvalue weighted by Crippen LogP contribution is 2.40. The first-order valence-corrected chi connectivity index (χ1v) is 7.42. The van der Waals surface area contributed by atoms with Crippen LogP contribution in [0.25, 0.3) is 0 Å². The lowest BCUT2D eigenvalue weighted by Gasteiger charge is -2.28. The van der Waals surface area contributed by atoms with Crippen LogP contribution in [0.2, 0.25) is 10.0 Å². The Morgan fingerprint density at radius 2 is 2.10 bits per heavy atom.